The van der Waals surface area contributed by atoms with Crippen LogP contribution in [0.5, 0.6) is 5.75 Å². The van der Waals surface area contributed by atoms with Crippen molar-refractivity contribution in [3.8, 4) is 5.75 Å². The summed E-state index contributed by atoms with van der Waals surface area (Å²) in [6.07, 6.45) is 2.81. The summed E-state index contributed by atoms with van der Waals surface area (Å²) in [4.78, 5) is 0. The van der Waals surface area contributed by atoms with Crippen LogP contribution < -0.4 is 5.73 Å². The van der Waals surface area contributed by atoms with E-state index in [0.29, 0.717) is 5.56 Å². The van der Waals surface area contributed by atoms with Crippen LogP contribution in [0.4, 0.5) is 4.39 Å². The second kappa shape index (κ2) is 6.64. The van der Waals surface area contributed by atoms with Gasteiger partial charge in [0.2, 0.25) is 0 Å². The molecule has 0 saturated carbocycles. The summed E-state index contributed by atoms with van der Waals surface area (Å²) in [6.45, 7) is 2.07. The molecule has 0 unspecified atom stereocenters. The third-order valence-electron chi connectivity index (χ3n) is 2.25. The molecule has 15 heavy (non-hydrogen) atoms. The van der Waals surface area contributed by atoms with Crippen molar-refractivity contribution in [2.45, 2.75) is 32.2 Å². The van der Waals surface area contributed by atoms with E-state index in [1.807, 2.05) is 0 Å². The molecular formula is C11H17ClFNO. The van der Waals surface area contributed by atoms with Crippen molar-refractivity contribution in [2.75, 3.05) is 0 Å². The number of rotatable bonds is 4. The maximum Gasteiger partial charge on any atom is 0.131 e. The summed E-state index contributed by atoms with van der Waals surface area (Å²) in [5, 5.41) is 9.01. The largest absolute Gasteiger partial charge is 0.508 e. The molecule has 4 heteroatoms. The molecule has 0 amide bonds. The van der Waals surface area contributed by atoms with Gasteiger partial charge in [0.15, 0.2) is 0 Å². The van der Waals surface area contributed by atoms with Gasteiger partial charge in [0, 0.05) is 17.7 Å². The lowest BCUT2D eigenvalue weighted by atomic mass is 10.0. The number of hydrogen-bond donors (Lipinski definition) is 2. The van der Waals surface area contributed by atoms with Crippen LogP contribution >= 0.6 is 12.4 Å². The van der Waals surface area contributed by atoms with Crippen molar-refractivity contribution in [1.82, 2.24) is 0 Å². The van der Waals surface area contributed by atoms with Crippen LogP contribution in [0.1, 0.15) is 37.8 Å². The molecular weight excluding hydrogens is 217 g/mol. The van der Waals surface area contributed by atoms with Crippen LogP contribution in [0, 0.1) is 5.82 Å². The molecule has 86 valence electrons. The molecule has 0 aliphatic carbocycles. The highest BCUT2D eigenvalue weighted by Gasteiger charge is 2.10. The van der Waals surface area contributed by atoms with Crippen LogP contribution in [0.15, 0.2) is 18.2 Å². The maximum absolute atomic E-state index is 13.3. The summed E-state index contributed by atoms with van der Waals surface area (Å²) in [7, 11) is 0. The number of phenolic OH excluding ortho intramolecular Hbond substituents is 1. The number of unbranched alkanes of at least 4 members (excludes halogenated alkanes) is 1. The van der Waals surface area contributed by atoms with Crippen molar-refractivity contribution < 1.29 is 9.50 Å². The van der Waals surface area contributed by atoms with Crippen molar-refractivity contribution in [3.63, 3.8) is 0 Å². The number of nitrogens with two attached hydrogens (primary N) is 1. The van der Waals surface area contributed by atoms with E-state index in [9.17, 15) is 4.39 Å². The second-order valence-corrected chi connectivity index (χ2v) is 3.45. The van der Waals surface area contributed by atoms with E-state index < -0.39 is 5.82 Å². The van der Waals surface area contributed by atoms with Gasteiger partial charge in [0.05, 0.1) is 0 Å². The molecule has 1 rings (SSSR count). The Morgan fingerprint density at radius 3 is 2.67 bits per heavy atom. The molecule has 0 aliphatic rings. The molecule has 1 aromatic rings. The fourth-order valence-electron chi connectivity index (χ4n) is 1.40. The number of aromatic hydroxyl groups is 1. The summed E-state index contributed by atoms with van der Waals surface area (Å²) in [5.74, 6) is -0.484. The zero-order valence-corrected chi connectivity index (χ0v) is 9.56. The molecule has 0 spiro atoms. The minimum atomic E-state index is -0.423. The van der Waals surface area contributed by atoms with Gasteiger partial charge in [-0.1, -0.05) is 25.8 Å². The van der Waals surface area contributed by atoms with E-state index in [0.717, 1.165) is 25.3 Å². The van der Waals surface area contributed by atoms with Gasteiger partial charge >= 0.3 is 0 Å². The van der Waals surface area contributed by atoms with Crippen molar-refractivity contribution in [3.05, 3.63) is 29.6 Å². The highest BCUT2D eigenvalue weighted by atomic mass is 35.5. The Morgan fingerprint density at radius 1 is 1.47 bits per heavy atom. The minimum Gasteiger partial charge on any atom is -0.508 e. The molecule has 0 bridgehead atoms. The summed E-state index contributed by atoms with van der Waals surface area (Å²) < 4.78 is 13.3. The van der Waals surface area contributed by atoms with E-state index in [4.69, 9.17) is 10.8 Å². The van der Waals surface area contributed by atoms with E-state index >= 15 is 0 Å². The molecule has 0 radical (unpaired) electrons. The molecule has 1 aromatic carbocycles. The predicted octanol–water partition coefficient (Wildman–Crippen LogP) is 3.14. The number of benzene rings is 1. The Bertz CT molecular complexity index is 307. The monoisotopic (exact) mass is 233 g/mol. The molecule has 0 aromatic heterocycles. The standard InChI is InChI=1S/C11H16FNO.ClH/c1-2-3-4-11(13)9-6-5-8(14)7-10(9)12;/h5-7,11,14H,2-4,13H2,1H3;1H/t11-;/m0./s1. The Hall–Kier alpha value is -0.800. The quantitative estimate of drug-likeness (QED) is 0.839. The summed E-state index contributed by atoms with van der Waals surface area (Å²) in [5.41, 5.74) is 6.29. The van der Waals surface area contributed by atoms with Crippen LogP contribution in [0.2, 0.25) is 0 Å². The Kier molecular flexibility index (Phi) is 6.29. The molecule has 1 atom stereocenters. The van der Waals surface area contributed by atoms with Crippen LogP contribution in [-0.4, -0.2) is 5.11 Å². The Labute approximate surface area is 95.7 Å². The lowest BCUT2D eigenvalue weighted by Crippen LogP contribution is -2.11. The lowest BCUT2D eigenvalue weighted by Gasteiger charge is -2.12. The van der Waals surface area contributed by atoms with Gasteiger partial charge in [0.25, 0.3) is 0 Å². The average molecular weight is 234 g/mol. The molecule has 2 nitrogen and oxygen atoms in total. The average Bonchev–Trinajstić information content (AvgIpc) is 2.14. The molecule has 0 aliphatic heterocycles. The molecule has 3 N–H and O–H groups in total. The fraction of sp³-hybridized carbons (Fsp3) is 0.455. The van der Waals surface area contributed by atoms with Gasteiger partial charge in [-0.25, -0.2) is 4.39 Å². The van der Waals surface area contributed by atoms with Crippen molar-refractivity contribution in [2.24, 2.45) is 5.73 Å². The van der Waals surface area contributed by atoms with Crippen LogP contribution in [-0.2, 0) is 0 Å². The van der Waals surface area contributed by atoms with Gasteiger partial charge in [0.1, 0.15) is 11.6 Å². The first-order chi connectivity index (χ1) is 6.65. The Balaban J connectivity index is 0.00000196. The number of hydrogen-bond acceptors (Lipinski definition) is 2. The summed E-state index contributed by atoms with van der Waals surface area (Å²) in [6, 6.07) is 3.84. The highest BCUT2D eigenvalue weighted by molar-refractivity contribution is 5.85. The van der Waals surface area contributed by atoms with Gasteiger partial charge in [-0.3, -0.25) is 0 Å². The summed E-state index contributed by atoms with van der Waals surface area (Å²) >= 11 is 0. The van der Waals surface area contributed by atoms with E-state index in [1.165, 1.54) is 6.07 Å². The van der Waals surface area contributed by atoms with Crippen LogP contribution in [0.25, 0.3) is 0 Å². The second-order valence-electron chi connectivity index (χ2n) is 3.45. The molecule has 0 fully saturated rings. The van der Waals surface area contributed by atoms with Crippen LogP contribution in [0.3, 0.4) is 0 Å². The van der Waals surface area contributed by atoms with Crippen molar-refractivity contribution in [1.29, 1.82) is 0 Å². The van der Waals surface area contributed by atoms with Gasteiger partial charge in [-0.05, 0) is 12.5 Å². The zero-order valence-electron chi connectivity index (χ0n) is 8.74. The molecule has 0 heterocycles. The predicted molar refractivity (Wildman–Crippen MR) is 61.8 cm³/mol. The lowest BCUT2D eigenvalue weighted by molar-refractivity contribution is 0.465. The Morgan fingerprint density at radius 2 is 2.13 bits per heavy atom. The van der Waals surface area contributed by atoms with Gasteiger partial charge in [-0.15, -0.1) is 12.4 Å². The first-order valence-electron chi connectivity index (χ1n) is 4.89. The van der Waals surface area contributed by atoms with E-state index in [1.54, 1.807) is 6.07 Å². The zero-order chi connectivity index (χ0) is 10.6. The highest BCUT2D eigenvalue weighted by Crippen LogP contribution is 2.22. The maximum atomic E-state index is 13.3. The third-order valence-corrected chi connectivity index (χ3v) is 2.25. The first kappa shape index (κ1) is 14.2. The normalized spacial score (nSPS) is 11.9. The molecule has 0 saturated heterocycles. The fourth-order valence-corrected chi connectivity index (χ4v) is 1.40. The number of phenols is 1. The van der Waals surface area contributed by atoms with E-state index in [-0.39, 0.29) is 24.2 Å². The van der Waals surface area contributed by atoms with Gasteiger partial charge < -0.3 is 10.8 Å². The SMILES string of the molecule is CCCC[C@H](N)c1ccc(O)cc1F.Cl. The third kappa shape index (κ3) is 4.06. The smallest absolute Gasteiger partial charge is 0.131 e. The first-order valence-corrected chi connectivity index (χ1v) is 4.89. The minimum absolute atomic E-state index is 0. The van der Waals surface area contributed by atoms with Crippen molar-refractivity contribution >= 4 is 12.4 Å². The van der Waals surface area contributed by atoms with Gasteiger partial charge in [-0.2, -0.15) is 0 Å². The number of halogens is 2. The van der Waals surface area contributed by atoms with E-state index in [2.05, 4.69) is 6.92 Å². The topological polar surface area (TPSA) is 46.2 Å².